The smallest absolute Gasteiger partial charge is 0.137 e. The molecule has 2 rings (SSSR count). The topological polar surface area (TPSA) is 18.5 Å². The molecule has 0 spiro atoms. The van der Waals surface area contributed by atoms with Gasteiger partial charge in [-0.25, -0.2) is 4.39 Å². The summed E-state index contributed by atoms with van der Waals surface area (Å²) in [6.07, 6.45) is 2.75. The van der Waals surface area contributed by atoms with Crippen molar-refractivity contribution in [3.63, 3.8) is 0 Å². The Bertz CT molecular complexity index is 473. The largest absolute Gasteiger partial charge is 0.489 e. The molecule has 1 aromatic rings. The van der Waals surface area contributed by atoms with Gasteiger partial charge in [0, 0.05) is 25.0 Å². The molecule has 0 radical (unpaired) electrons. The third-order valence-electron chi connectivity index (χ3n) is 2.83. The fourth-order valence-corrected chi connectivity index (χ4v) is 1.98. The Morgan fingerprint density at radius 3 is 3.11 bits per heavy atom. The third-order valence-corrected chi connectivity index (χ3v) is 3.02. The Labute approximate surface area is 117 Å². The number of hydrogen-bond acceptors (Lipinski definition) is 2. The summed E-state index contributed by atoms with van der Waals surface area (Å²) in [6.45, 7) is 1.22. The first-order chi connectivity index (χ1) is 9.29. The number of benzene rings is 1. The van der Waals surface area contributed by atoms with Gasteiger partial charge in [-0.05, 0) is 25.0 Å². The lowest BCUT2D eigenvalue weighted by molar-refractivity contribution is 0.0677. The van der Waals surface area contributed by atoms with E-state index in [4.69, 9.17) is 21.1 Å². The average molecular weight is 283 g/mol. The van der Waals surface area contributed by atoms with Gasteiger partial charge in [0.25, 0.3) is 0 Å². The first-order valence-corrected chi connectivity index (χ1v) is 6.92. The third kappa shape index (κ3) is 4.41. The lowest BCUT2D eigenvalue weighted by Gasteiger charge is -2.12. The van der Waals surface area contributed by atoms with Crippen molar-refractivity contribution in [1.29, 1.82) is 0 Å². The molecule has 1 fully saturated rings. The molecule has 4 heteroatoms. The van der Waals surface area contributed by atoms with Crippen molar-refractivity contribution < 1.29 is 13.9 Å². The van der Waals surface area contributed by atoms with Crippen molar-refractivity contribution in [2.45, 2.75) is 25.4 Å². The first kappa shape index (κ1) is 14.2. The van der Waals surface area contributed by atoms with E-state index in [0.717, 1.165) is 19.4 Å². The van der Waals surface area contributed by atoms with E-state index in [0.29, 0.717) is 30.2 Å². The Morgan fingerprint density at radius 2 is 2.37 bits per heavy atom. The maximum atomic E-state index is 13.3. The van der Waals surface area contributed by atoms with E-state index < -0.39 is 0 Å². The molecule has 0 saturated carbocycles. The minimum absolute atomic E-state index is 0.104. The van der Waals surface area contributed by atoms with Gasteiger partial charge in [-0.15, -0.1) is 11.6 Å². The zero-order valence-corrected chi connectivity index (χ0v) is 11.4. The highest BCUT2D eigenvalue weighted by Crippen LogP contribution is 2.21. The van der Waals surface area contributed by atoms with Gasteiger partial charge in [0.05, 0.1) is 11.7 Å². The summed E-state index contributed by atoms with van der Waals surface area (Å²) in [4.78, 5) is 0. The number of alkyl halides is 1. The van der Waals surface area contributed by atoms with Gasteiger partial charge >= 0.3 is 0 Å². The zero-order chi connectivity index (χ0) is 13.5. The molecule has 1 heterocycles. The van der Waals surface area contributed by atoms with Crippen LogP contribution >= 0.6 is 11.6 Å². The van der Waals surface area contributed by atoms with E-state index >= 15 is 0 Å². The fraction of sp³-hybridized carbons (Fsp3) is 0.467. The van der Waals surface area contributed by atoms with E-state index in [9.17, 15) is 4.39 Å². The predicted molar refractivity (Wildman–Crippen MR) is 73.1 cm³/mol. The summed E-state index contributed by atoms with van der Waals surface area (Å²) in [7, 11) is 0. The molecule has 1 aliphatic heterocycles. The quantitative estimate of drug-likeness (QED) is 0.623. The predicted octanol–water partition coefficient (Wildman–Crippen LogP) is 3.36. The molecule has 1 aromatic carbocycles. The molecule has 1 aliphatic rings. The van der Waals surface area contributed by atoms with Gasteiger partial charge < -0.3 is 9.47 Å². The molecular weight excluding hydrogens is 267 g/mol. The molecule has 102 valence electrons. The van der Waals surface area contributed by atoms with Crippen LogP contribution in [0.4, 0.5) is 4.39 Å². The highest BCUT2D eigenvalue weighted by Gasteiger charge is 2.16. The van der Waals surface area contributed by atoms with Gasteiger partial charge in [0.2, 0.25) is 0 Å². The maximum Gasteiger partial charge on any atom is 0.137 e. The van der Waals surface area contributed by atoms with Crippen LogP contribution in [-0.4, -0.2) is 25.2 Å². The van der Waals surface area contributed by atoms with Gasteiger partial charge in [-0.3, -0.25) is 0 Å². The summed E-state index contributed by atoms with van der Waals surface area (Å²) in [5, 5.41) is 0. The summed E-state index contributed by atoms with van der Waals surface area (Å²) in [5.74, 6) is 6.50. The monoisotopic (exact) mass is 282 g/mol. The van der Waals surface area contributed by atoms with E-state index in [1.165, 1.54) is 12.1 Å². The summed E-state index contributed by atoms with van der Waals surface area (Å²) in [5.41, 5.74) is 0.685. The summed E-state index contributed by atoms with van der Waals surface area (Å²) in [6, 6.07) is 4.37. The normalized spacial score (nSPS) is 17.9. The van der Waals surface area contributed by atoms with Gasteiger partial charge in [-0.1, -0.05) is 11.8 Å². The van der Waals surface area contributed by atoms with E-state index in [1.54, 1.807) is 6.07 Å². The number of halogens is 2. The van der Waals surface area contributed by atoms with Crippen LogP contribution in [-0.2, 0) is 4.74 Å². The Morgan fingerprint density at radius 1 is 1.47 bits per heavy atom. The Kier molecular flexibility index (Phi) is 5.50. The average Bonchev–Trinajstić information content (AvgIpc) is 2.92. The van der Waals surface area contributed by atoms with Gasteiger partial charge in [0.15, 0.2) is 0 Å². The molecule has 0 N–H and O–H groups in total. The van der Waals surface area contributed by atoms with Crippen molar-refractivity contribution in [2.24, 2.45) is 0 Å². The van der Waals surface area contributed by atoms with Crippen molar-refractivity contribution in [1.82, 2.24) is 0 Å². The molecule has 0 aromatic heterocycles. The van der Waals surface area contributed by atoms with Gasteiger partial charge in [0.1, 0.15) is 18.2 Å². The van der Waals surface area contributed by atoms with Crippen LogP contribution in [0.5, 0.6) is 5.75 Å². The van der Waals surface area contributed by atoms with Crippen molar-refractivity contribution in [3.05, 3.63) is 29.6 Å². The molecule has 1 atom stereocenters. The van der Waals surface area contributed by atoms with Gasteiger partial charge in [-0.2, -0.15) is 0 Å². The van der Waals surface area contributed by atoms with Crippen LogP contribution < -0.4 is 4.74 Å². The van der Waals surface area contributed by atoms with Crippen LogP contribution in [0.3, 0.4) is 0 Å². The number of hydrogen-bond donors (Lipinski definition) is 0. The fourth-order valence-electron chi connectivity index (χ4n) is 1.88. The molecule has 0 amide bonds. The number of rotatable bonds is 4. The van der Waals surface area contributed by atoms with Crippen LogP contribution in [0.2, 0.25) is 0 Å². The molecule has 1 unspecified atom stereocenters. The lowest BCUT2D eigenvalue weighted by Crippen LogP contribution is -2.16. The molecule has 2 nitrogen and oxygen atoms in total. The first-order valence-electron chi connectivity index (χ1n) is 6.38. The highest BCUT2D eigenvalue weighted by molar-refractivity contribution is 6.18. The van der Waals surface area contributed by atoms with Crippen LogP contribution in [0.25, 0.3) is 0 Å². The van der Waals surface area contributed by atoms with Crippen LogP contribution in [0.15, 0.2) is 18.2 Å². The molecule has 0 aliphatic carbocycles. The van der Waals surface area contributed by atoms with Crippen LogP contribution in [0.1, 0.15) is 24.8 Å². The Balaban J connectivity index is 2.04. The molecule has 0 bridgehead atoms. The van der Waals surface area contributed by atoms with Crippen LogP contribution in [0, 0.1) is 17.7 Å². The molecule has 19 heavy (non-hydrogen) atoms. The second-order valence-corrected chi connectivity index (χ2v) is 4.71. The number of ether oxygens (including phenoxy) is 2. The molecule has 1 saturated heterocycles. The van der Waals surface area contributed by atoms with Crippen molar-refractivity contribution >= 4 is 11.6 Å². The minimum Gasteiger partial charge on any atom is -0.489 e. The van der Waals surface area contributed by atoms with Crippen molar-refractivity contribution in [3.8, 4) is 17.6 Å². The SMILES string of the molecule is Fc1ccc(C#CCCCl)c(OCC2CCCO2)c1. The summed E-state index contributed by atoms with van der Waals surface area (Å²) < 4.78 is 24.4. The maximum absolute atomic E-state index is 13.3. The summed E-state index contributed by atoms with van der Waals surface area (Å²) >= 11 is 5.57. The Hall–Kier alpha value is -1.24. The second-order valence-electron chi connectivity index (χ2n) is 4.33. The van der Waals surface area contributed by atoms with E-state index in [-0.39, 0.29) is 11.9 Å². The standard InChI is InChI=1S/C15H16ClFO2/c16-8-2-1-4-12-6-7-13(17)10-15(12)19-11-14-5-3-9-18-14/h6-7,10,14H,2-3,5,8-9,11H2. The highest BCUT2D eigenvalue weighted by atomic mass is 35.5. The molecular formula is C15H16ClFO2. The lowest BCUT2D eigenvalue weighted by atomic mass is 10.2. The minimum atomic E-state index is -0.328. The second kappa shape index (κ2) is 7.37. The van der Waals surface area contributed by atoms with E-state index in [1.807, 2.05) is 0 Å². The van der Waals surface area contributed by atoms with Crippen molar-refractivity contribution in [2.75, 3.05) is 19.1 Å². The van der Waals surface area contributed by atoms with E-state index in [2.05, 4.69) is 11.8 Å². The zero-order valence-electron chi connectivity index (χ0n) is 10.6.